The summed E-state index contributed by atoms with van der Waals surface area (Å²) in [6, 6.07) is 5.02. The maximum Gasteiger partial charge on any atom is 0.137 e. The number of hydrogen-bond donors (Lipinski definition) is 1. The number of nitriles is 1. The van der Waals surface area contributed by atoms with Crippen molar-refractivity contribution in [3.63, 3.8) is 0 Å². The number of aliphatic hydroxyl groups is 1. The second-order valence-corrected chi connectivity index (χ2v) is 5.27. The second kappa shape index (κ2) is 4.60. The van der Waals surface area contributed by atoms with E-state index in [1.54, 1.807) is 0 Å². The molecule has 1 unspecified atom stereocenters. The largest absolute Gasteiger partial charge is 0.381 e. The van der Waals surface area contributed by atoms with E-state index < -0.39 is 22.7 Å². The van der Waals surface area contributed by atoms with Crippen LogP contribution in [0.15, 0.2) is 30.9 Å². The van der Waals surface area contributed by atoms with E-state index in [9.17, 15) is 19.1 Å². The third-order valence-electron chi connectivity index (χ3n) is 3.99. The second-order valence-electron chi connectivity index (χ2n) is 5.27. The zero-order valence-electron chi connectivity index (χ0n) is 11.0. The lowest BCUT2D eigenvalue weighted by Crippen LogP contribution is -2.41. The van der Waals surface area contributed by atoms with E-state index in [0.717, 1.165) is 6.07 Å². The summed E-state index contributed by atoms with van der Waals surface area (Å²) >= 11 is 0. The van der Waals surface area contributed by atoms with Gasteiger partial charge in [-0.2, -0.15) is 10.4 Å². The van der Waals surface area contributed by atoms with Gasteiger partial charge in [0.2, 0.25) is 0 Å². The molecule has 1 aliphatic rings. The number of hydrogen-bond acceptors (Lipinski definition) is 4. The van der Waals surface area contributed by atoms with Crippen molar-refractivity contribution in [1.82, 2.24) is 14.8 Å². The summed E-state index contributed by atoms with van der Waals surface area (Å²) in [5, 5.41) is 24.3. The molecule has 1 aliphatic carbocycles. The Morgan fingerprint density at radius 2 is 2.19 bits per heavy atom. The summed E-state index contributed by atoms with van der Waals surface area (Å²) < 4.78 is 28.5. The molecule has 1 fully saturated rings. The lowest BCUT2D eigenvalue weighted by atomic mass is 9.78. The quantitative estimate of drug-likeness (QED) is 0.930. The van der Waals surface area contributed by atoms with Gasteiger partial charge >= 0.3 is 0 Å². The van der Waals surface area contributed by atoms with Crippen LogP contribution in [0.4, 0.5) is 8.78 Å². The fourth-order valence-electron chi connectivity index (χ4n) is 2.61. The van der Waals surface area contributed by atoms with Crippen LogP contribution in [-0.2, 0) is 12.1 Å². The molecule has 0 aliphatic heterocycles. The van der Waals surface area contributed by atoms with Crippen molar-refractivity contribution in [3.8, 4) is 6.07 Å². The third kappa shape index (κ3) is 2.08. The minimum atomic E-state index is -1.78. The fraction of sp³-hybridized carbons (Fsp3) is 0.357. The van der Waals surface area contributed by atoms with Crippen molar-refractivity contribution >= 4 is 0 Å². The fourth-order valence-corrected chi connectivity index (χ4v) is 2.61. The summed E-state index contributed by atoms with van der Waals surface area (Å²) in [6.07, 6.45) is 3.56. The van der Waals surface area contributed by atoms with E-state index in [-0.39, 0.29) is 12.1 Å². The molecule has 1 aromatic heterocycles. The SMILES string of the molecule is N#CC1(C(O)(Cn2cncn2)c2ccc(F)cc2F)CC1. The van der Waals surface area contributed by atoms with E-state index in [1.807, 2.05) is 0 Å². The first-order valence-electron chi connectivity index (χ1n) is 6.42. The number of nitrogens with zero attached hydrogens (tertiary/aromatic N) is 4. The number of aromatic nitrogens is 3. The average Bonchev–Trinajstić information content (AvgIpc) is 3.11. The standard InChI is InChI=1S/C14H12F2N4O/c15-10-1-2-11(12(16)5-10)14(21,13(6-17)3-4-13)7-20-9-18-8-19-20/h1-2,5,8-9,21H,3-4,7H2. The molecule has 1 heterocycles. The van der Waals surface area contributed by atoms with Crippen molar-refractivity contribution in [2.75, 3.05) is 0 Å². The van der Waals surface area contributed by atoms with Gasteiger partial charge < -0.3 is 5.11 Å². The van der Waals surface area contributed by atoms with E-state index in [2.05, 4.69) is 16.2 Å². The summed E-state index contributed by atoms with van der Waals surface area (Å²) in [7, 11) is 0. The van der Waals surface area contributed by atoms with E-state index in [0.29, 0.717) is 18.9 Å². The van der Waals surface area contributed by atoms with Crippen molar-refractivity contribution in [1.29, 1.82) is 5.26 Å². The third-order valence-corrected chi connectivity index (χ3v) is 3.99. The molecule has 108 valence electrons. The number of rotatable bonds is 4. The monoisotopic (exact) mass is 290 g/mol. The van der Waals surface area contributed by atoms with Crippen LogP contribution < -0.4 is 0 Å². The Hall–Kier alpha value is -2.33. The Balaban J connectivity index is 2.10. The maximum absolute atomic E-state index is 14.1. The summed E-state index contributed by atoms with van der Waals surface area (Å²) in [4.78, 5) is 3.77. The molecule has 0 radical (unpaired) electrons. The highest BCUT2D eigenvalue weighted by Gasteiger charge is 2.61. The van der Waals surface area contributed by atoms with Crippen LogP contribution in [0.3, 0.4) is 0 Å². The van der Waals surface area contributed by atoms with Gasteiger partial charge in [0.05, 0.1) is 18.0 Å². The molecular formula is C14H12F2N4O. The highest BCUT2D eigenvalue weighted by Crippen LogP contribution is 2.58. The summed E-state index contributed by atoms with van der Waals surface area (Å²) in [6.45, 7) is -0.122. The van der Waals surface area contributed by atoms with Gasteiger partial charge in [-0.15, -0.1) is 0 Å². The first kappa shape index (κ1) is 13.6. The van der Waals surface area contributed by atoms with Crippen LogP contribution in [0.1, 0.15) is 18.4 Å². The van der Waals surface area contributed by atoms with Gasteiger partial charge in [-0.05, 0) is 18.9 Å². The predicted molar refractivity (Wildman–Crippen MR) is 67.6 cm³/mol. The molecule has 1 aromatic carbocycles. The normalized spacial score (nSPS) is 18.8. The first-order valence-corrected chi connectivity index (χ1v) is 6.42. The Kier molecular flexibility index (Phi) is 2.99. The molecule has 0 bridgehead atoms. The topological polar surface area (TPSA) is 74.7 Å². The number of benzene rings is 1. The van der Waals surface area contributed by atoms with Gasteiger partial charge in [-0.1, -0.05) is 6.07 Å². The molecule has 1 N–H and O–H groups in total. The molecule has 21 heavy (non-hydrogen) atoms. The van der Waals surface area contributed by atoms with Crippen molar-refractivity contribution < 1.29 is 13.9 Å². The van der Waals surface area contributed by atoms with Crippen LogP contribution >= 0.6 is 0 Å². The van der Waals surface area contributed by atoms with Crippen LogP contribution in [0.2, 0.25) is 0 Å². The zero-order valence-corrected chi connectivity index (χ0v) is 11.0. The van der Waals surface area contributed by atoms with Crippen LogP contribution in [0, 0.1) is 28.4 Å². The molecule has 0 amide bonds. The van der Waals surface area contributed by atoms with Crippen LogP contribution in [0.5, 0.6) is 0 Å². The molecule has 0 spiro atoms. The first-order chi connectivity index (χ1) is 10.0. The van der Waals surface area contributed by atoms with Crippen LogP contribution in [0.25, 0.3) is 0 Å². The molecule has 0 saturated heterocycles. The molecule has 7 heteroatoms. The molecule has 1 atom stereocenters. The van der Waals surface area contributed by atoms with Crippen molar-refractivity contribution in [3.05, 3.63) is 48.1 Å². The summed E-state index contributed by atoms with van der Waals surface area (Å²) in [5.41, 5.74) is -2.97. The van der Waals surface area contributed by atoms with Gasteiger partial charge in [0.15, 0.2) is 0 Å². The smallest absolute Gasteiger partial charge is 0.137 e. The zero-order chi connectivity index (χ0) is 15.1. The van der Waals surface area contributed by atoms with Gasteiger partial charge in [0.25, 0.3) is 0 Å². The number of halogens is 2. The molecule has 1 saturated carbocycles. The maximum atomic E-state index is 14.1. The van der Waals surface area contributed by atoms with Gasteiger partial charge in [0.1, 0.15) is 29.9 Å². The van der Waals surface area contributed by atoms with Gasteiger partial charge in [-0.25, -0.2) is 18.4 Å². The minimum Gasteiger partial charge on any atom is -0.381 e. The lowest BCUT2D eigenvalue weighted by molar-refractivity contribution is -0.0373. The molecular weight excluding hydrogens is 278 g/mol. The molecule has 2 aromatic rings. The predicted octanol–water partition coefficient (Wildman–Crippen LogP) is 1.75. The summed E-state index contributed by atoms with van der Waals surface area (Å²) in [5.74, 6) is -1.61. The van der Waals surface area contributed by atoms with Crippen molar-refractivity contribution in [2.24, 2.45) is 5.41 Å². The highest BCUT2D eigenvalue weighted by atomic mass is 19.1. The Bertz CT molecular complexity index is 706. The lowest BCUT2D eigenvalue weighted by Gasteiger charge is -2.33. The van der Waals surface area contributed by atoms with E-state index >= 15 is 0 Å². The van der Waals surface area contributed by atoms with Gasteiger partial charge in [-0.3, -0.25) is 0 Å². The Labute approximate surface area is 119 Å². The van der Waals surface area contributed by atoms with E-state index in [4.69, 9.17) is 0 Å². The van der Waals surface area contributed by atoms with Gasteiger partial charge in [0, 0.05) is 11.6 Å². The highest BCUT2D eigenvalue weighted by molar-refractivity contribution is 5.34. The minimum absolute atomic E-state index is 0.0987. The van der Waals surface area contributed by atoms with Crippen LogP contribution in [-0.4, -0.2) is 19.9 Å². The Morgan fingerprint density at radius 1 is 1.43 bits per heavy atom. The molecule has 5 nitrogen and oxygen atoms in total. The average molecular weight is 290 g/mol. The van der Waals surface area contributed by atoms with E-state index in [1.165, 1.54) is 23.4 Å². The van der Waals surface area contributed by atoms with Crippen molar-refractivity contribution in [2.45, 2.75) is 25.0 Å². The Morgan fingerprint density at radius 3 is 2.71 bits per heavy atom. The molecule has 3 rings (SSSR count).